The van der Waals surface area contributed by atoms with Crippen LogP contribution in [0.25, 0.3) is 0 Å². The summed E-state index contributed by atoms with van der Waals surface area (Å²) < 4.78 is 0. The van der Waals surface area contributed by atoms with Crippen molar-refractivity contribution in [3.63, 3.8) is 0 Å². The third-order valence-electron chi connectivity index (χ3n) is 2.69. The summed E-state index contributed by atoms with van der Waals surface area (Å²) in [4.78, 5) is 28.6. The summed E-state index contributed by atoms with van der Waals surface area (Å²) in [5.74, 6) is -0.915. The van der Waals surface area contributed by atoms with E-state index in [0.717, 1.165) is 10.7 Å². The van der Waals surface area contributed by atoms with Gasteiger partial charge in [0.05, 0.1) is 23.7 Å². The van der Waals surface area contributed by atoms with Crippen molar-refractivity contribution in [3.8, 4) is 0 Å². The number of hydrogen-bond donors (Lipinski definition) is 2. The molecule has 1 rings (SSSR count). The smallest absolute Gasteiger partial charge is 0.318 e. The lowest BCUT2D eigenvalue weighted by Crippen LogP contribution is -2.51. The molecule has 0 atom stereocenters. The first-order valence-electron chi connectivity index (χ1n) is 6.38. The number of carboxylic acid groups (broad SMARTS) is 1. The summed E-state index contributed by atoms with van der Waals surface area (Å²) in [7, 11) is 0. The number of rotatable bonds is 5. The molecule has 0 aliphatic carbocycles. The Bertz CT molecular complexity index is 479. The second-order valence-corrected chi connectivity index (χ2v) is 6.54. The molecular weight excluding hydrogens is 278 g/mol. The number of nitrogens with zero attached hydrogens (tertiary/aromatic N) is 2. The summed E-state index contributed by atoms with van der Waals surface area (Å²) in [6.45, 7) is 8.07. The molecule has 0 saturated carbocycles. The first-order valence-corrected chi connectivity index (χ1v) is 7.26. The van der Waals surface area contributed by atoms with E-state index < -0.39 is 11.5 Å². The molecule has 0 saturated heterocycles. The van der Waals surface area contributed by atoms with Crippen LogP contribution in [0.1, 0.15) is 37.9 Å². The number of hydrogen-bond acceptors (Lipinski definition) is 4. The number of aryl methyl sites for hydroxylation is 1. The number of urea groups is 1. The predicted octanol–water partition coefficient (Wildman–Crippen LogP) is 2.24. The number of aliphatic carboxylic acids is 1. The van der Waals surface area contributed by atoms with Gasteiger partial charge in [0.25, 0.3) is 0 Å². The molecule has 1 aromatic rings. The van der Waals surface area contributed by atoms with E-state index in [1.807, 2.05) is 33.1 Å². The summed E-state index contributed by atoms with van der Waals surface area (Å²) in [6, 6.07) is -0.274. The molecule has 0 radical (unpaired) electrons. The fourth-order valence-corrected chi connectivity index (χ4v) is 2.31. The van der Waals surface area contributed by atoms with E-state index in [9.17, 15) is 9.59 Å². The quantitative estimate of drug-likeness (QED) is 0.873. The fourth-order valence-electron chi connectivity index (χ4n) is 1.70. The third-order valence-corrected chi connectivity index (χ3v) is 3.51. The number of thiazole rings is 1. The molecule has 2 N–H and O–H groups in total. The summed E-state index contributed by atoms with van der Waals surface area (Å²) in [5, 5.41) is 14.4. The van der Waals surface area contributed by atoms with Crippen molar-refractivity contribution >= 4 is 23.3 Å². The van der Waals surface area contributed by atoms with E-state index in [1.165, 1.54) is 16.2 Å². The number of carboxylic acids is 1. The van der Waals surface area contributed by atoms with E-state index >= 15 is 0 Å². The number of carbonyl (C=O) groups is 2. The van der Waals surface area contributed by atoms with E-state index in [-0.39, 0.29) is 19.0 Å². The number of carbonyl (C=O) groups excluding carboxylic acids is 1. The first kappa shape index (κ1) is 16.4. The van der Waals surface area contributed by atoms with Crippen LogP contribution in [-0.4, -0.2) is 39.1 Å². The second kappa shape index (κ2) is 6.69. The molecule has 1 aromatic heterocycles. The van der Waals surface area contributed by atoms with Crippen LogP contribution in [-0.2, 0) is 11.3 Å². The Balaban J connectivity index is 2.61. The Kier molecular flexibility index (Phi) is 5.50. The topological polar surface area (TPSA) is 82.5 Å². The van der Waals surface area contributed by atoms with Crippen molar-refractivity contribution in [3.05, 3.63) is 16.1 Å². The minimum Gasteiger partial charge on any atom is -0.481 e. The van der Waals surface area contributed by atoms with Crippen molar-refractivity contribution in [2.45, 2.75) is 46.2 Å². The SMILES string of the molecule is Cc1nc(CNC(=O)N(CCC(=O)O)C(C)(C)C)cs1. The monoisotopic (exact) mass is 299 g/mol. The highest BCUT2D eigenvalue weighted by Crippen LogP contribution is 2.14. The number of aromatic nitrogens is 1. The van der Waals surface area contributed by atoms with Gasteiger partial charge in [-0.05, 0) is 27.7 Å². The standard InChI is InChI=1S/C13H21N3O3S/c1-9-15-10(8-20-9)7-14-12(19)16(13(2,3)4)6-5-11(17)18/h8H,5-7H2,1-4H3,(H,14,19)(H,17,18). The van der Waals surface area contributed by atoms with E-state index in [1.54, 1.807) is 0 Å². The minimum atomic E-state index is -0.915. The highest BCUT2D eigenvalue weighted by atomic mass is 32.1. The van der Waals surface area contributed by atoms with Crippen LogP contribution in [0.5, 0.6) is 0 Å². The van der Waals surface area contributed by atoms with Crippen LogP contribution in [0.15, 0.2) is 5.38 Å². The molecule has 0 bridgehead atoms. The van der Waals surface area contributed by atoms with Gasteiger partial charge < -0.3 is 15.3 Å². The normalized spacial score (nSPS) is 11.2. The molecular formula is C13H21N3O3S. The van der Waals surface area contributed by atoms with Crippen molar-refractivity contribution in [2.75, 3.05) is 6.54 Å². The summed E-state index contributed by atoms with van der Waals surface area (Å²) >= 11 is 1.53. The van der Waals surface area contributed by atoms with Crippen molar-refractivity contribution < 1.29 is 14.7 Å². The Morgan fingerprint density at radius 1 is 1.45 bits per heavy atom. The van der Waals surface area contributed by atoms with Crippen LogP contribution in [0.3, 0.4) is 0 Å². The molecule has 2 amide bonds. The molecule has 0 aliphatic rings. The Labute approximate surface area is 122 Å². The maximum absolute atomic E-state index is 12.2. The second-order valence-electron chi connectivity index (χ2n) is 5.48. The molecule has 0 aliphatic heterocycles. The fraction of sp³-hybridized carbons (Fsp3) is 0.615. The van der Waals surface area contributed by atoms with Crippen molar-refractivity contribution in [1.82, 2.24) is 15.2 Å². The van der Waals surface area contributed by atoms with E-state index in [4.69, 9.17) is 5.11 Å². The van der Waals surface area contributed by atoms with Crippen LogP contribution < -0.4 is 5.32 Å². The number of nitrogens with one attached hydrogen (secondary N) is 1. The number of amides is 2. The first-order chi connectivity index (χ1) is 9.20. The van der Waals surface area contributed by atoms with Gasteiger partial charge in [0.2, 0.25) is 0 Å². The average molecular weight is 299 g/mol. The Hall–Kier alpha value is -1.63. The lowest BCUT2D eigenvalue weighted by molar-refractivity contribution is -0.137. The van der Waals surface area contributed by atoms with Gasteiger partial charge in [-0.3, -0.25) is 4.79 Å². The zero-order chi connectivity index (χ0) is 15.3. The summed E-state index contributed by atoms with van der Waals surface area (Å²) in [5.41, 5.74) is 0.380. The van der Waals surface area contributed by atoms with Gasteiger partial charge in [-0.15, -0.1) is 11.3 Å². The third kappa shape index (κ3) is 5.16. The minimum absolute atomic E-state index is 0.0689. The molecule has 0 unspecified atom stereocenters. The average Bonchev–Trinajstić information content (AvgIpc) is 2.70. The van der Waals surface area contributed by atoms with Crippen molar-refractivity contribution in [1.29, 1.82) is 0 Å². The zero-order valence-electron chi connectivity index (χ0n) is 12.3. The molecule has 0 aromatic carbocycles. The van der Waals surface area contributed by atoms with E-state index in [2.05, 4.69) is 10.3 Å². The highest BCUT2D eigenvalue weighted by molar-refractivity contribution is 7.09. The van der Waals surface area contributed by atoms with Gasteiger partial charge in [-0.1, -0.05) is 0 Å². The molecule has 7 heteroatoms. The largest absolute Gasteiger partial charge is 0.481 e. The predicted molar refractivity (Wildman–Crippen MR) is 77.8 cm³/mol. The lowest BCUT2D eigenvalue weighted by atomic mass is 10.1. The Morgan fingerprint density at radius 3 is 2.55 bits per heavy atom. The van der Waals surface area contributed by atoms with Gasteiger partial charge in [-0.25, -0.2) is 9.78 Å². The molecule has 20 heavy (non-hydrogen) atoms. The van der Waals surface area contributed by atoms with Gasteiger partial charge in [-0.2, -0.15) is 0 Å². The molecule has 0 spiro atoms. The van der Waals surface area contributed by atoms with Crippen molar-refractivity contribution in [2.24, 2.45) is 0 Å². The summed E-state index contributed by atoms with van der Waals surface area (Å²) in [6.07, 6.45) is -0.0689. The lowest BCUT2D eigenvalue weighted by Gasteiger charge is -2.35. The molecule has 1 heterocycles. The maximum Gasteiger partial charge on any atom is 0.318 e. The Morgan fingerprint density at radius 2 is 2.10 bits per heavy atom. The molecule has 112 valence electrons. The zero-order valence-corrected chi connectivity index (χ0v) is 13.1. The van der Waals surface area contributed by atoms with Crippen LogP contribution in [0.4, 0.5) is 4.79 Å². The molecule has 6 nitrogen and oxygen atoms in total. The maximum atomic E-state index is 12.2. The van der Waals surface area contributed by atoms with Gasteiger partial charge >= 0.3 is 12.0 Å². The van der Waals surface area contributed by atoms with Crippen LogP contribution in [0.2, 0.25) is 0 Å². The van der Waals surface area contributed by atoms with Crippen LogP contribution in [0, 0.1) is 6.92 Å². The van der Waals surface area contributed by atoms with Crippen LogP contribution >= 0.6 is 11.3 Å². The van der Waals surface area contributed by atoms with Gasteiger partial charge in [0.15, 0.2) is 0 Å². The van der Waals surface area contributed by atoms with Gasteiger partial charge in [0.1, 0.15) is 0 Å². The highest BCUT2D eigenvalue weighted by Gasteiger charge is 2.26. The van der Waals surface area contributed by atoms with E-state index in [0.29, 0.717) is 6.54 Å². The molecule has 0 fully saturated rings. The van der Waals surface area contributed by atoms with Gasteiger partial charge in [0, 0.05) is 17.5 Å².